The zero-order chi connectivity index (χ0) is 19.3. The Morgan fingerprint density at radius 1 is 1.00 bits per heavy atom. The fourth-order valence-electron chi connectivity index (χ4n) is 4.15. The summed E-state index contributed by atoms with van der Waals surface area (Å²) in [5.74, 6) is -0.156. The van der Waals surface area contributed by atoms with Crippen molar-refractivity contribution in [2.75, 3.05) is 26.2 Å². The van der Waals surface area contributed by atoms with Gasteiger partial charge in [0.05, 0.1) is 0 Å². The van der Waals surface area contributed by atoms with Gasteiger partial charge in [-0.25, -0.2) is 4.39 Å². The number of piperazine rings is 1. The molecular weight excluding hydrogens is 353 g/mol. The molecule has 1 fully saturated rings. The predicted octanol–water partition coefficient (Wildman–Crippen LogP) is 3.44. The van der Waals surface area contributed by atoms with Gasteiger partial charge in [-0.15, -0.1) is 0 Å². The third-order valence-electron chi connectivity index (χ3n) is 5.65. The summed E-state index contributed by atoms with van der Waals surface area (Å²) in [7, 11) is 0. The molecule has 0 bridgehead atoms. The number of nitrogens with zero attached hydrogens (tertiary/aromatic N) is 3. The summed E-state index contributed by atoms with van der Waals surface area (Å²) < 4.78 is 14.1. The van der Waals surface area contributed by atoms with E-state index in [2.05, 4.69) is 39.0 Å². The summed E-state index contributed by atoms with van der Waals surface area (Å²) in [4.78, 5) is 8.96. The van der Waals surface area contributed by atoms with Gasteiger partial charge in [0.25, 0.3) is 0 Å². The minimum atomic E-state index is -0.156. The molecule has 2 aromatic carbocycles. The van der Waals surface area contributed by atoms with Crippen molar-refractivity contribution in [3.8, 4) is 0 Å². The fraction of sp³-hybridized carbons (Fsp3) is 0.348. The molecule has 1 saturated heterocycles. The standard InChI is InChI=1S/C23H26FN3O/c24-23-7-2-1-4-20(23)16-27-12-11-26(17-21(27)9-13-28)15-19-6-3-5-18-14-25-10-8-22(18)19/h1-8,10,14,21,28H,9,11-13,15-17H2. The molecule has 1 aromatic heterocycles. The van der Waals surface area contributed by atoms with E-state index in [1.807, 2.05) is 24.5 Å². The van der Waals surface area contributed by atoms with Crippen molar-refractivity contribution in [3.63, 3.8) is 0 Å². The van der Waals surface area contributed by atoms with Gasteiger partial charge in [-0.2, -0.15) is 0 Å². The Labute approximate surface area is 165 Å². The number of rotatable bonds is 6. The van der Waals surface area contributed by atoms with Crippen molar-refractivity contribution in [1.82, 2.24) is 14.8 Å². The zero-order valence-electron chi connectivity index (χ0n) is 16.0. The maximum atomic E-state index is 14.1. The Bertz CT molecular complexity index is 927. The summed E-state index contributed by atoms with van der Waals surface area (Å²) in [6, 6.07) is 15.6. The SMILES string of the molecule is OCCC1CN(Cc2cccc3cnccc23)CCN1Cc1ccccc1F. The molecule has 4 nitrogen and oxygen atoms in total. The summed E-state index contributed by atoms with van der Waals surface area (Å²) in [5, 5.41) is 11.9. The summed E-state index contributed by atoms with van der Waals surface area (Å²) in [6.45, 7) is 4.27. The molecule has 2 heterocycles. The van der Waals surface area contributed by atoms with Crippen LogP contribution < -0.4 is 0 Å². The lowest BCUT2D eigenvalue weighted by Gasteiger charge is -2.41. The summed E-state index contributed by atoms with van der Waals surface area (Å²) in [6.07, 6.45) is 4.44. The fourth-order valence-corrected chi connectivity index (χ4v) is 4.15. The largest absolute Gasteiger partial charge is 0.396 e. The van der Waals surface area contributed by atoms with Crippen molar-refractivity contribution in [3.05, 3.63) is 77.9 Å². The lowest BCUT2D eigenvalue weighted by molar-refractivity contribution is 0.0495. The topological polar surface area (TPSA) is 39.6 Å². The molecule has 5 heteroatoms. The molecule has 146 valence electrons. The van der Waals surface area contributed by atoms with Gasteiger partial charge in [-0.3, -0.25) is 14.8 Å². The molecule has 0 aliphatic carbocycles. The molecule has 1 atom stereocenters. The Morgan fingerprint density at radius 3 is 2.71 bits per heavy atom. The van der Waals surface area contributed by atoms with Gasteiger partial charge < -0.3 is 5.11 Å². The van der Waals surface area contributed by atoms with Gasteiger partial charge in [-0.1, -0.05) is 36.4 Å². The van der Waals surface area contributed by atoms with Crippen LogP contribution in [-0.4, -0.2) is 52.2 Å². The first-order chi connectivity index (χ1) is 13.7. The van der Waals surface area contributed by atoms with Gasteiger partial charge in [0.2, 0.25) is 0 Å². The maximum Gasteiger partial charge on any atom is 0.127 e. The van der Waals surface area contributed by atoms with Crippen molar-refractivity contribution < 1.29 is 9.50 Å². The highest BCUT2D eigenvalue weighted by Crippen LogP contribution is 2.23. The molecule has 1 aliphatic rings. The molecule has 3 aromatic rings. The van der Waals surface area contributed by atoms with Crippen LogP contribution in [0.4, 0.5) is 4.39 Å². The van der Waals surface area contributed by atoms with Gasteiger partial charge in [0, 0.05) is 68.7 Å². The number of pyridine rings is 1. The van der Waals surface area contributed by atoms with Crippen molar-refractivity contribution in [2.24, 2.45) is 0 Å². The first-order valence-electron chi connectivity index (χ1n) is 9.87. The van der Waals surface area contributed by atoms with Crippen LogP contribution in [0.1, 0.15) is 17.5 Å². The number of benzene rings is 2. The second kappa shape index (κ2) is 8.78. The van der Waals surface area contributed by atoms with Crippen LogP contribution in [0.25, 0.3) is 10.8 Å². The average molecular weight is 379 g/mol. The van der Waals surface area contributed by atoms with E-state index >= 15 is 0 Å². The van der Waals surface area contributed by atoms with Crippen molar-refractivity contribution in [1.29, 1.82) is 0 Å². The third-order valence-corrected chi connectivity index (χ3v) is 5.65. The van der Waals surface area contributed by atoms with Gasteiger partial charge in [0.15, 0.2) is 0 Å². The lowest BCUT2D eigenvalue weighted by atomic mass is 10.0. The second-order valence-electron chi connectivity index (χ2n) is 7.48. The van der Waals surface area contributed by atoms with Gasteiger partial charge >= 0.3 is 0 Å². The van der Waals surface area contributed by atoms with Crippen LogP contribution in [0.3, 0.4) is 0 Å². The lowest BCUT2D eigenvalue weighted by Crippen LogP contribution is -2.52. The van der Waals surface area contributed by atoms with Gasteiger partial charge in [0.1, 0.15) is 5.82 Å². The molecule has 0 spiro atoms. The molecule has 1 aliphatic heterocycles. The number of fused-ring (bicyclic) bond motifs is 1. The van der Waals surface area contributed by atoms with Crippen LogP contribution in [0.5, 0.6) is 0 Å². The Hall–Kier alpha value is -2.34. The molecule has 1 unspecified atom stereocenters. The number of halogens is 1. The number of aliphatic hydroxyl groups is 1. The summed E-state index contributed by atoms with van der Waals surface area (Å²) in [5.41, 5.74) is 2.02. The molecule has 4 rings (SSSR count). The quantitative estimate of drug-likeness (QED) is 0.712. The monoisotopic (exact) mass is 379 g/mol. The molecule has 1 N–H and O–H groups in total. The van der Waals surface area contributed by atoms with Crippen LogP contribution in [0.15, 0.2) is 60.9 Å². The van der Waals surface area contributed by atoms with Crippen LogP contribution in [-0.2, 0) is 13.1 Å². The minimum Gasteiger partial charge on any atom is -0.396 e. The molecule has 0 radical (unpaired) electrons. The highest BCUT2D eigenvalue weighted by atomic mass is 19.1. The second-order valence-corrected chi connectivity index (χ2v) is 7.48. The van der Waals surface area contributed by atoms with Crippen LogP contribution in [0, 0.1) is 5.82 Å². The number of aromatic nitrogens is 1. The highest BCUT2D eigenvalue weighted by Gasteiger charge is 2.27. The summed E-state index contributed by atoms with van der Waals surface area (Å²) >= 11 is 0. The van der Waals surface area contributed by atoms with Crippen molar-refractivity contribution in [2.45, 2.75) is 25.6 Å². The predicted molar refractivity (Wildman–Crippen MR) is 109 cm³/mol. The Kier molecular flexibility index (Phi) is 5.95. The molecule has 0 saturated carbocycles. The highest BCUT2D eigenvalue weighted by molar-refractivity contribution is 5.84. The van der Waals surface area contributed by atoms with E-state index in [-0.39, 0.29) is 18.5 Å². The first kappa shape index (κ1) is 19.0. The van der Waals surface area contributed by atoms with E-state index in [4.69, 9.17) is 0 Å². The van der Waals surface area contributed by atoms with Crippen molar-refractivity contribution >= 4 is 10.8 Å². The Balaban J connectivity index is 1.47. The van der Waals surface area contributed by atoms with E-state index < -0.39 is 0 Å². The smallest absolute Gasteiger partial charge is 0.127 e. The number of aliphatic hydroxyl groups excluding tert-OH is 1. The molecular formula is C23H26FN3O. The zero-order valence-corrected chi connectivity index (χ0v) is 16.0. The van der Waals surface area contributed by atoms with Crippen LogP contribution in [0.2, 0.25) is 0 Å². The maximum absolute atomic E-state index is 14.1. The van der Waals surface area contributed by atoms with Crippen LogP contribution >= 0.6 is 0 Å². The first-order valence-corrected chi connectivity index (χ1v) is 9.87. The third kappa shape index (κ3) is 4.22. The normalized spacial score (nSPS) is 18.6. The number of hydrogen-bond acceptors (Lipinski definition) is 4. The average Bonchev–Trinajstić information content (AvgIpc) is 2.72. The van der Waals surface area contributed by atoms with E-state index in [0.29, 0.717) is 13.0 Å². The van der Waals surface area contributed by atoms with E-state index in [1.54, 1.807) is 6.07 Å². The molecule has 0 amide bonds. The van der Waals surface area contributed by atoms with E-state index in [1.165, 1.54) is 17.0 Å². The van der Waals surface area contributed by atoms with E-state index in [9.17, 15) is 9.50 Å². The van der Waals surface area contributed by atoms with Gasteiger partial charge in [-0.05, 0) is 29.5 Å². The van der Waals surface area contributed by atoms with E-state index in [0.717, 1.165) is 37.1 Å². The number of hydrogen-bond donors (Lipinski definition) is 1. The Morgan fingerprint density at radius 2 is 1.86 bits per heavy atom. The minimum absolute atomic E-state index is 0.145. The molecule has 28 heavy (non-hydrogen) atoms.